The van der Waals surface area contributed by atoms with Crippen molar-refractivity contribution in [1.29, 1.82) is 0 Å². The molecule has 4 heteroatoms. The molecule has 2 aromatic carbocycles. The summed E-state index contributed by atoms with van der Waals surface area (Å²) in [5, 5.41) is 20.1. The summed E-state index contributed by atoms with van der Waals surface area (Å²) < 4.78 is 0. The predicted octanol–water partition coefficient (Wildman–Crippen LogP) is 4.56. The number of para-hydroxylation sites is 1. The second-order valence-corrected chi connectivity index (χ2v) is 7.05. The summed E-state index contributed by atoms with van der Waals surface area (Å²) in [4.78, 5) is 9.46. The zero-order valence-electron chi connectivity index (χ0n) is 15.4. The molecule has 0 aliphatic heterocycles. The summed E-state index contributed by atoms with van der Waals surface area (Å²) in [5.74, 6) is 0.539. The van der Waals surface area contributed by atoms with E-state index in [2.05, 4.69) is 0 Å². The Morgan fingerprint density at radius 1 is 0.885 bits per heavy atom. The zero-order chi connectivity index (χ0) is 18.5. The van der Waals surface area contributed by atoms with Crippen LogP contribution in [0.15, 0.2) is 46.4 Å². The van der Waals surface area contributed by atoms with Gasteiger partial charge in [-0.15, -0.1) is 0 Å². The Kier molecular flexibility index (Phi) is 5.71. The van der Waals surface area contributed by atoms with Gasteiger partial charge in [0.1, 0.15) is 11.5 Å². The van der Waals surface area contributed by atoms with Crippen LogP contribution in [0.3, 0.4) is 0 Å². The lowest BCUT2D eigenvalue weighted by Gasteiger charge is -2.25. The maximum absolute atomic E-state index is 10.3. The molecule has 0 heterocycles. The van der Waals surface area contributed by atoms with E-state index < -0.39 is 0 Å². The molecule has 3 rings (SSSR count). The van der Waals surface area contributed by atoms with Crippen molar-refractivity contribution >= 4 is 12.4 Å². The molecule has 0 saturated heterocycles. The van der Waals surface area contributed by atoms with Crippen molar-refractivity contribution < 1.29 is 10.2 Å². The Hall–Kier alpha value is -2.62. The number of nitrogens with zero attached hydrogens (tertiary/aromatic N) is 2. The summed E-state index contributed by atoms with van der Waals surface area (Å²) >= 11 is 0. The molecule has 1 aliphatic carbocycles. The Morgan fingerprint density at radius 2 is 1.50 bits per heavy atom. The highest BCUT2D eigenvalue weighted by molar-refractivity contribution is 5.85. The Bertz CT molecular complexity index is 827. The first kappa shape index (κ1) is 18.2. The molecule has 2 N–H and O–H groups in total. The third kappa shape index (κ3) is 4.31. The molecular weight excluding hydrogens is 324 g/mol. The number of aromatic hydroxyl groups is 2. The molecular formula is C22H26N2O2. The molecule has 136 valence electrons. The van der Waals surface area contributed by atoms with Crippen LogP contribution in [0.5, 0.6) is 11.5 Å². The second kappa shape index (κ2) is 8.17. The molecule has 0 radical (unpaired) electrons. The van der Waals surface area contributed by atoms with Crippen LogP contribution >= 0.6 is 0 Å². The van der Waals surface area contributed by atoms with Gasteiger partial charge in [-0.05, 0) is 56.0 Å². The average Bonchev–Trinajstić information content (AvgIpc) is 2.63. The van der Waals surface area contributed by atoms with E-state index in [0.29, 0.717) is 5.75 Å². The molecule has 0 aromatic heterocycles. The number of hydrogen-bond donors (Lipinski definition) is 2. The standard InChI is InChI=1S/C22H26N2O2/c1-15-11-16(2)22(26)18(12-15)14-24-20-9-5-4-8-19(20)23-13-17-7-3-6-10-21(17)25/h3,6-7,10-14,19-20,25-26H,4-5,8-9H2,1-2H3/t19-,20-/m0/s1. The van der Waals surface area contributed by atoms with Crippen LogP contribution < -0.4 is 0 Å². The average molecular weight is 350 g/mol. The van der Waals surface area contributed by atoms with Crippen LogP contribution in [0.2, 0.25) is 0 Å². The molecule has 1 saturated carbocycles. The number of phenols is 2. The van der Waals surface area contributed by atoms with Gasteiger partial charge < -0.3 is 10.2 Å². The van der Waals surface area contributed by atoms with E-state index in [0.717, 1.165) is 47.9 Å². The van der Waals surface area contributed by atoms with Crippen molar-refractivity contribution in [2.45, 2.75) is 51.6 Å². The lowest BCUT2D eigenvalue weighted by atomic mass is 9.91. The first-order valence-electron chi connectivity index (χ1n) is 9.19. The molecule has 4 nitrogen and oxygen atoms in total. The van der Waals surface area contributed by atoms with Crippen molar-refractivity contribution in [3.8, 4) is 11.5 Å². The van der Waals surface area contributed by atoms with Crippen LogP contribution in [-0.2, 0) is 0 Å². The maximum Gasteiger partial charge on any atom is 0.127 e. The van der Waals surface area contributed by atoms with E-state index in [1.807, 2.05) is 38.1 Å². The van der Waals surface area contributed by atoms with Crippen molar-refractivity contribution in [1.82, 2.24) is 0 Å². The molecule has 0 amide bonds. The van der Waals surface area contributed by atoms with Gasteiger partial charge in [-0.1, -0.05) is 31.0 Å². The number of benzene rings is 2. The normalized spacial score (nSPS) is 20.8. The third-order valence-corrected chi connectivity index (χ3v) is 4.92. The van der Waals surface area contributed by atoms with E-state index in [1.165, 1.54) is 0 Å². The van der Waals surface area contributed by atoms with Gasteiger partial charge in [0.25, 0.3) is 0 Å². The molecule has 0 bridgehead atoms. The highest BCUT2D eigenvalue weighted by Crippen LogP contribution is 2.26. The first-order chi connectivity index (χ1) is 12.5. The van der Waals surface area contributed by atoms with Crippen molar-refractivity contribution in [2.75, 3.05) is 0 Å². The third-order valence-electron chi connectivity index (χ3n) is 4.92. The van der Waals surface area contributed by atoms with Crippen LogP contribution in [0.4, 0.5) is 0 Å². The number of phenolic OH excluding ortho intramolecular Hbond substituents is 2. The van der Waals surface area contributed by atoms with E-state index in [9.17, 15) is 10.2 Å². The van der Waals surface area contributed by atoms with Gasteiger partial charge in [-0.2, -0.15) is 0 Å². The van der Waals surface area contributed by atoms with Gasteiger partial charge in [0.15, 0.2) is 0 Å². The number of hydrogen-bond acceptors (Lipinski definition) is 4. The molecule has 2 aromatic rings. The minimum atomic E-state index is 0.103. The molecule has 0 unspecified atom stereocenters. The van der Waals surface area contributed by atoms with Gasteiger partial charge in [-0.25, -0.2) is 0 Å². The highest BCUT2D eigenvalue weighted by Gasteiger charge is 2.23. The van der Waals surface area contributed by atoms with Gasteiger partial charge in [0.05, 0.1) is 12.1 Å². The molecule has 26 heavy (non-hydrogen) atoms. The van der Waals surface area contributed by atoms with Crippen LogP contribution in [0.1, 0.15) is 47.9 Å². The highest BCUT2D eigenvalue weighted by atomic mass is 16.3. The number of aryl methyl sites for hydroxylation is 2. The van der Waals surface area contributed by atoms with Gasteiger partial charge in [-0.3, -0.25) is 9.98 Å². The SMILES string of the molecule is Cc1cc(C)c(O)c(C=N[C@H]2CCCC[C@@H]2N=Cc2ccccc2O)c1. The number of aliphatic imine (C=N–C) groups is 2. The Balaban J connectivity index is 1.78. The lowest BCUT2D eigenvalue weighted by molar-refractivity contribution is 0.390. The lowest BCUT2D eigenvalue weighted by Crippen LogP contribution is -2.27. The molecule has 1 fully saturated rings. The summed E-state index contributed by atoms with van der Waals surface area (Å²) in [6.45, 7) is 3.92. The van der Waals surface area contributed by atoms with Crippen molar-refractivity contribution in [3.63, 3.8) is 0 Å². The largest absolute Gasteiger partial charge is 0.507 e. The van der Waals surface area contributed by atoms with Crippen molar-refractivity contribution in [3.05, 3.63) is 58.7 Å². The van der Waals surface area contributed by atoms with Crippen LogP contribution in [0.25, 0.3) is 0 Å². The fourth-order valence-electron chi connectivity index (χ4n) is 3.48. The quantitative estimate of drug-likeness (QED) is 0.794. The maximum atomic E-state index is 10.3. The van der Waals surface area contributed by atoms with E-state index >= 15 is 0 Å². The zero-order valence-corrected chi connectivity index (χ0v) is 15.4. The van der Waals surface area contributed by atoms with Gasteiger partial charge in [0, 0.05) is 23.6 Å². The minimum absolute atomic E-state index is 0.103. The van der Waals surface area contributed by atoms with Crippen LogP contribution in [-0.4, -0.2) is 34.7 Å². The summed E-state index contributed by atoms with van der Waals surface area (Å²) in [6, 6.07) is 11.3. The molecule has 1 aliphatic rings. The van der Waals surface area contributed by atoms with Crippen LogP contribution in [0, 0.1) is 13.8 Å². The molecule has 2 atom stereocenters. The van der Waals surface area contributed by atoms with E-state index in [4.69, 9.17) is 9.98 Å². The summed E-state index contributed by atoms with van der Waals surface area (Å²) in [5.41, 5.74) is 3.47. The van der Waals surface area contributed by atoms with Gasteiger partial charge >= 0.3 is 0 Å². The topological polar surface area (TPSA) is 65.2 Å². The van der Waals surface area contributed by atoms with Crippen molar-refractivity contribution in [2.24, 2.45) is 9.98 Å². The molecule has 0 spiro atoms. The van der Waals surface area contributed by atoms with Gasteiger partial charge in [0.2, 0.25) is 0 Å². The predicted molar refractivity (Wildman–Crippen MR) is 107 cm³/mol. The minimum Gasteiger partial charge on any atom is -0.507 e. The summed E-state index contributed by atoms with van der Waals surface area (Å²) in [6.07, 6.45) is 7.80. The van der Waals surface area contributed by atoms with E-state index in [-0.39, 0.29) is 17.8 Å². The summed E-state index contributed by atoms with van der Waals surface area (Å²) in [7, 11) is 0. The smallest absolute Gasteiger partial charge is 0.127 e. The number of rotatable bonds is 4. The monoisotopic (exact) mass is 350 g/mol. The Labute approximate surface area is 155 Å². The Morgan fingerprint density at radius 3 is 2.15 bits per heavy atom. The fourth-order valence-corrected chi connectivity index (χ4v) is 3.48. The second-order valence-electron chi connectivity index (χ2n) is 7.05. The fraction of sp³-hybridized carbons (Fsp3) is 0.364. The van der Waals surface area contributed by atoms with E-state index in [1.54, 1.807) is 24.6 Å². The first-order valence-corrected chi connectivity index (χ1v) is 9.19.